The smallest absolute Gasteiger partial charge is 0.271 e. The average Bonchev–Trinajstić information content (AvgIpc) is 3.02. The van der Waals surface area contributed by atoms with Crippen molar-refractivity contribution in [3.8, 4) is 5.69 Å². The first-order chi connectivity index (χ1) is 12.1. The Morgan fingerprint density at radius 1 is 1.24 bits per heavy atom. The van der Waals surface area contributed by atoms with Gasteiger partial charge >= 0.3 is 0 Å². The second-order valence-electron chi connectivity index (χ2n) is 6.40. The van der Waals surface area contributed by atoms with Crippen molar-refractivity contribution in [3.05, 3.63) is 64.3 Å². The average molecular weight is 338 g/mol. The Balaban J connectivity index is 1.49. The van der Waals surface area contributed by atoms with Crippen molar-refractivity contribution in [2.45, 2.75) is 25.3 Å². The molecule has 4 rings (SSSR count). The van der Waals surface area contributed by atoms with Gasteiger partial charge in [-0.15, -0.1) is 0 Å². The number of carbonyl (C=O) groups is 1. The van der Waals surface area contributed by atoms with E-state index in [1.165, 1.54) is 10.7 Å². The van der Waals surface area contributed by atoms with Crippen LogP contribution in [0, 0.1) is 6.92 Å². The number of H-pyrrole nitrogens is 1. The standard InChI is InChI=1S/C17H18N6O2/c1-12-2-4-13(5-3-12)22-15(24)10-14(21-22)16(25)18-11-17(6-7-17)23-19-8-9-20-23/h2-5,8-10,21H,6-7,11H2,1H3,(H,18,25). The highest BCUT2D eigenvalue weighted by molar-refractivity contribution is 5.92. The Morgan fingerprint density at radius 3 is 2.56 bits per heavy atom. The summed E-state index contributed by atoms with van der Waals surface area (Å²) in [5, 5.41) is 14.0. The van der Waals surface area contributed by atoms with Crippen LogP contribution in [0.3, 0.4) is 0 Å². The highest BCUT2D eigenvalue weighted by atomic mass is 16.2. The van der Waals surface area contributed by atoms with Crippen LogP contribution >= 0.6 is 0 Å². The van der Waals surface area contributed by atoms with Gasteiger partial charge in [0, 0.05) is 12.6 Å². The van der Waals surface area contributed by atoms with Crippen molar-refractivity contribution in [2.75, 3.05) is 6.54 Å². The number of nitrogens with zero attached hydrogens (tertiary/aromatic N) is 4. The first-order valence-electron chi connectivity index (χ1n) is 8.12. The molecule has 1 amide bonds. The number of nitrogens with one attached hydrogen (secondary N) is 2. The number of benzene rings is 1. The molecule has 1 saturated carbocycles. The molecule has 0 aliphatic heterocycles. The van der Waals surface area contributed by atoms with E-state index >= 15 is 0 Å². The summed E-state index contributed by atoms with van der Waals surface area (Å²) in [6.45, 7) is 2.40. The molecule has 0 spiro atoms. The van der Waals surface area contributed by atoms with Gasteiger partial charge in [0.15, 0.2) is 0 Å². The Morgan fingerprint density at radius 2 is 1.92 bits per heavy atom. The zero-order chi connectivity index (χ0) is 17.4. The molecule has 25 heavy (non-hydrogen) atoms. The van der Waals surface area contributed by atoms with Crippen LogP contribution in [0.5, 0.6) is 0 Å². The van der Waals surface area contributed by atoms with Crippen molar-refractivity contribution in [1.29, 1.82) is 0 Å². The third kappa shape index (κ3) is 2.86. The largest absolute Gasteiger partial charge is 0.348 e. The Hall–Kier alpha value is -3.16. The van der Waals surface area contributed by atoms with E-state index < -0.39 is 0 Å². The summed E-state index contributed by atoms with van der Waals surface area (Å²) < 4.78 is 1.36. The Kier molecular flexibility index (Phi) is 3.52. The zero-order valence-corrected chi connectivity index (χ0v) is 13.8. The molecule has 1 aromatic carbocycles. The first kappa shape index (κ1) is 15.4. The number of aromatic nitrogens is 5. The first-order valence-corrected chi connectivity index (χ1v) is 8.12. The van der Waals surface area contributed by atoms with Gasteiger partial charge < -0.3 is 5.32 Å². The molecule has 0 saturated heterocycles. The summed E-state index contributed by atoms with van der Waals surface area (Å²) in [6.07, 6.45) is 5.09. The Labute approximate surface area is 143 Å². The minimum absolute atomic E-state index is 0.231. The molecule has 3 aromatic rings. The summed E-state index contributed by atoms with van der Waals surface area (Å²) in [4.78, 5) is 26.2. The summed E-state index contributed by atoms with van der Waals surface area (Å²) in [7, 11) is 0. The molecule has 0 bridgehead atoms. The van der Waals surface area contributed by atoms with Crippen LogP contribution in [-0.2, 0) is 5.54 Å². The lowest BCUT2D eigenvalue weighted by Crippen LogP contribution is -2.37. The van der Waals surface area contributed by atoms with Crippen LogP contribution in [0.2, 0.25) is 0 Å². The van der Waals surface area contributed by atoms with Crippen molar-refractivity contribution >= 4 is 5.91 Å². The summed E-state index contributed by atoms with van der Waals surface area (Å²) in [5.41, 5.74) is 1.51. The minimum atomic E-state index is -0.318. The van der Waals surface area contributed by atoms with Gasteiger partial charge in [0.25, 0.3) is 11.5 Å². The molecule has 1 fully saturated rings. The molecule has 8 nitrogen and oxygen atoms in total. The molecule has 1 aliphatic rings. The molecule has 128 valence electrons. The lowest BCUT2D eigenvalue weighted by atomic mass is 10.2. The number of hydrogen-bond donors (Lipinski definition) is 2. The number of carbonyl (C=O) groups excluding carboxylic acids is 1. The molecular formula is C17H18N6O2. The van der Waals surface area contributed by atoms with Crippen molar-refractivity contribution in [1.82, 2.24) is 30.1 Å². The maximum absolute atomic E-state index is 12.4. The van der Waals surface area contributed by atoms with Crippen LogP contribution in [0.4, 0.5) is 0 Å². The molecular weight excluding hydrogens is 320 g/mol. The summed E-state index contributed by atoms with van der Waals surface area (Å²) in [6, 6.07) is 8.79. The van der Waals surface area contributed by atoms with Gasteiger partial charge in [-0.3, -0.25) is 14.7 Å². The molecule has 8 heteroatoms. The van der Waals surface area contributed by atoms with Crippen LogP contribution in [0.15, 0.2) is 47.5 Å². The van der Waals surface area contributed by atoms with Gasteiger partial charge in [-0.25, -0.2) is 4.68 Å². The minimum Gasteiger partial charge on any atom is -0.348 e. The van der Waals surface area contributed by atoms with Crippen molar-refractivity contribution < 1.29 is 4.79 Å². The fourth-order valence-corrected chi connectivity index (χ4v) is 2.79. The third-order valence-corrected chi connectivity index (χ3v) is 4.51. The van der Waals surface area contributed by atoms with E-state index in [2.05, 4.69) is 20.6 Å². The van der Waals surface area contributed by atoms with E-state index in [4.69, 9.17) is 0 Å². The SMILES string of the molecule is Cc1ccc(-n2[nH]c(C(=O)NCC3(n4nccn4)CC3)cc2=O)cc1. The van der Waals surface area contributed by atoms with Gasteiger partial charge in [0.05, 0.1) is 23.6 Å². The van der Waals surface area contributed by atoms with E-state index in [1.807, 2.05) is 31.2 Å². The normalized spacial score (nSPS) is 15.1. The number of amides is 1. The molecule has 2 N–H and O–H groups in total. The van der Waals surface area contributed by atoms with Gasteiger partial charge in [-0.05, 0) is 31.9 Å². The predicted molar refractivity (Wildman–Crippen MR) is 90.7 cm³/mol. The van der Waals surface area contributed by atoms with E-state index in [0.29, 0.717) is 12.2 Å². The fourth-order valence-electron chi connectivity index (χ4n) is 2.79. The van der Waals surface area contributed by atoms with Crippen LogP contribution in [0.1, 0.15) is 28.9 Å². The quantitative estimate of drug-likeness (QED) is 0.725. The number of hydrogen-bond acceptors (Lipinski definition) is 4. The maximum Gasteiger partial charge on any atom is 0.271 e. The molecule has 0 radical (unpaired) electrons. The topological polar surface area (TPSA) is 97.6 Å². The van der Waals surface area contributed by atoms with E-state index in [9.17, 15) is 9.59 Å². The molecule has 2 aromatic heterocycles. The molecule has 1 aliphatic carbocycles. The number of aromatic amines is 1. The van der Waals surface area contributed by atoms with Gasteiger partial charge in [-0.2, -0.15) is 15.0 Å². The van der Waals surface area contributed by atoms with Gasteiger partial charge in [-0.1, -0.05) is 17.7 Å². The lowest BCUT2D eigenvalue weighted by molar-refractivity contribution is 0.0937. The molecule has 0 unspecified atom stereocenters. The Bertz CT molecular complexity index is 948. The van der Waals surface area contributed by atoms with Gasteiger partial charge in [0.1, 0.15) is 5.69 Å². The van der Waals surface area contributed by atoms with Crippen LogP contribution in [0.25, 0.3) is 5.69 Å². The third-order valence-electron chi connectivity index (χ3n) is 4.51. The predicted octanol–water partition coefficient (Wildman–Crippen LogP) is 0.985. The van der Waals surface area contributed by atoms with Gasteiger partial charge in [0.2, 0.25) is 0 Å². The van der Waals surface area contributed by atoms with E-state index in [1.54, 1.807) is 17.2 Å². The number of rotatable bonds is 5. The second-order valence-corrected chi connectivity index (χ2v) is 6.40. The monoisotopic (exact) mass is 338 g/mol. The summed E-state index contributed by atoms with van der Waals surface area (Å²) >= 11 is 0. The summed E-state index contributed by atoms with van der Waals surface area (Å²) in [5.74, 6) is -0.318. The highest BCUT2D eigenvalue weighted by Crippen LogP contribution is 2.41. The van der Waals surface area contributed by atoms with Crippen molar-refractivity contribution in [3.63, 3.8) is 0 Å². The number of aryl methyl sites for hydroxylation is 1. The van der Waals surface area contributed by atoms with Crippen LogP contribution < -0.4 is 10.9 Å². The van der Waals surface area contributed by atoms with Crippen molar-refractivity contribution in [2.24, 2.45) is 0 Å². The fraction of sp³-hybridized carbons (Fsp3) is 0.294. The maximum atomic E-state index is 12.4. The lowest BCUT2D eigenvalue weighted by Gasteiger charge is -2.14. The highest BCUT2D eigenvalue weighted by Gasteiger charge is 2.46. The second kappa shape index (κ2) is 5.73. The molecule has 0 atom stereocenters. The van der Waals surface area contributed by atoms with E-state index in [-0.39, 0.29) is 22.7 Å². The zero-order valence-electron chi connectivity index (χ0n) is 13.8. The van der Waals surface area contributed by atoms with Crippen LogP contribution in [-0.4, -0.2) is 37.2 Å². The van der Waals surface area contributed by atoms with E-state index in [0.717, 1.165) is 18.4 Å². The molecule has 2 heterocycles.